The van der Waals surface area contributed by atoms with Crippen molar-refractivity contribution in [2.45, 2.75) is 0 Å². The molecule has 0 spiro atoms. The molecule has 0 aliphatic heterocycles. The average Bonchev–Trinajstić information content (AvgIpc) is 2.08. The maximum Gasteiger partial charge on any atom is 0.195 e. The molecule has 0 saturated heterocycles. The van der Waals surface area contributed by atoms with Crippen LogP contribution in [-0.4, -0.2) is 17.4 Å². The molecule has 0 unspecified atom stereocenters. The van der Waals surface area contributed by atoms with E-state index in [1.165, 1.54) is 12.3 Å². The van der Waals surface area contributed by atoms with Crippen molar-refractivity contribution in [2.24, 2.45) is 0 Å². The van der Waals surface area contributed by atoms with E-state index in [2.05, 4.69) is 36.8 Å². The van der Waals surface area contributed by atoms with Gasteiger partial charge in [-0.05, 0) is 37.9 Å². The maximum absolute atomic E-state index is 12.0. The third kappa shape index (κ3) is 2.10. The highest BCUT2D eigenvalue weighted by atomic mass is 79.9. The molecule has 0 aliphatic rings. The summed E-state index contributed by atoms with van der Waals surface area (Å²) in [5, 5.41) is 0. The van der Waals surface area contributed by atoms with Gasteiger partial charge in [0.15, 0.2) is 12.5 Å². The van der Waals surface area contributed by atoms with Gasteiger partial charge in [0.25, 0.3) is 0 Å². The van der Waals surface area contributed by atoms with Gasteiger partial charge in [0.2, 0.25) is 0 Å². The highest BCUT2D eigenvalue weighted by Crippen LogP contribution is 2.19. The number of nitrogens with zero attached hydrogens (tertiary/aromatic N) is 1. The lowest BCUT2D eigenvalue weighted by Gasteiger charge is -1.99. The molecule has 0 saturated carbocycles. The number of alkyl halides is 1. The van der Waals surface area contributed by atoms with E-state index in [9.17, 15) is 9.18 Å². The smallest absolute Gasteiger partial charge is 0.195 e. The van der Waals surface area contributed by atoms with Crippen LogP contribution in [0.25, 0.3) is 0 Å². The number of ketones is 1. The number of pyridine rings is 1. The first-order valence-electron chi connectivity index (χ1n) is 3.05. The molecule has 0 N–H and O–H groups in total. The van der Waals surface area contributed by atoms with Crippen molar-refractivity contribution < 1.29 is 9.18 Å². The zero-order chi connectivity index (χ0) is 9.14. The Hall–Kier alpha value is -0.290. The van der Waals surface area contributed by atoms with Gasteiger partial charge in [-0.1, -0.05) is 0 Å². The number of hydrogen-bond donors (Lipinski definition) is 0. The molecule has 0 amide bonds. The fourth-order valence-corrected chi connectivity index (χ4v) is 1.47. The molecule has 2 nitrogen and oxygen atoms in total. The molecule has 0 atom stereocenters. The molecule has 0 radical (unpaired) electrons. The number of carbonyl (C=O) groups excluding carboxylic acids is 1. The largest absolute Gasteiger partial charge is 0.291 e. The average molecular weight is 297 g/mol. The van der Waals surface area contributed by atoms with Crippen molar-refractivity contribution in [3.63, 3.8) is 0 Å². The van der Waals surface area contributed by atoms with Crippen molar-refractivity contribution in [3.8, 4) is 0 Å². The number of Topliss-reactive ketones (excluding diaryl/α,β-unsaturated/α-hetero) is 1. The van der Waals surface area contributed by atoms with Gasteiger partial charge in [-0.15, -0.1) is 0 Å². The van der Waals surface area contributed by atoms with E-state index < -0.39 is 12.5 Å². The monoisotopic (exact) mass is 295 g/mol. The Morgan fingerprint density at radius 2 is 2.25 bits per heavy atom. The van der Waals surface area contributed by atoms with Gasteiger partial charge in [0.05, 0.1) is 0 Å². The molecule has 1 rings (SSSR count). The molecular formula is C7H4Br2FNO. The van der Waals surface area contributed by atoms with Crippen LogP contribution in [-0.2, 0) is 0 Å². The summed E-state index contributed by atoms with van der Waals surface area (Å²) in [7, 11) is 0. The first kappa shape index (κ1) is 9.80. The van der Waals surface area contributed by atoms with Gasteiger partial charge >= 0.3 is 0 Å². The summed E-state index contributed by atoms with van der Waals surface area (Å²) in [6.45, 7) is -0.991. The van der Waals surface area contributed by atoms with E-state index >= 15 is 0 Å². The van der Waals surface area contributed by atoms with Crippen LogP contribution in [0.1, 0.15) is 10.4 Å². The molecule has 64 valence electrons. The SMILES string of the molecule is O=C(CF)c1cc(Br)ncc1Br. The summed E-state index contributed by atoms with van der Waals surface area (Å²) < 4.78 is 13.0. The first-order valence-corrected chi connectivity index (χ1v) is 4.64. The van der Waals surface area contributed by atoms with E-state index in [4.69, 9.17) is 0 Å². The molecule has 0 bridgehead atoms. The molecular weight excluding hydrogens is 293 g/mol. The molecule has 1 aromatic heterocycles. The van der Waals surface area contributed by atoms with Crippen LogP contribution in [0.4, 0.5) is 4.39 Å². The summed E-state index contributed by atoms with van der Waals surface area (Å²) in [5.74, 6) is -0.551. The van der Waals surface area contributed by atoms with E-state index in [0.717, 1.165) is 0 Å². The third-order valence-corrected chi connectivity index (χ3v) is 2.31. The Kier molecular flexibility index (Phi) is 3.34. The normalized spacial score (nSPS) is 9.92. The second-order valence-corrected chi connectivity index (χ2v) is 3.71. The van der Waals surface area contributed by atoms with E-state index in [-0.39, 0.29) is 0 Å². The Morgan fingerprint density at radius 1 is 1.58 bits per heavy atom. The van der Waals surface area contributed by atoms with Gasteiger partial charge in [-0.2, -0.15) is 0 Å². The molecule has 5 heteroatoms. The van der Waals surface area contributed by atoms with Crippen molar-refractivity contribution in [1.29, 1.82) is 0 Å². The lowest BCUT2D eigenvalue weighted by atomic mass is 10.2. The van der Waals surface area contributed by atoms with Crippen molar-refractivity contribution in [2.75, 3.05) is 6.67 Å². The number of aromatic nitrogens is 1. The highest BCUT2D eigenvalue weighted by Gasteiger charge is 2.10. The van der Waals surface area contributed by atoms with Crippen LogP contribution in [0.3, 0.4) is 0 Å². The van der Waals surface area contributed by atoms with Gasteiger partial charge in [0, 0.05) is 16.2 Å². The summed E-state index contributed by atoms with van der Waals surface area (Å²) >= 11 is 6.19. The zero-order valence-electron chi connectivity index (χ0n) is 5.85. The standard InChI is InChI=1S/C7H4Br2FNO/c8-5-3-11-7(9)1-4(5)6(12)2-10/h1,3H,2H2. The number of halogens is 3. The van der Waals surface area contributed by atoms with E-state index in [1.807, 2.05) is 0 Å². The van der Waals surface area contributed by atoms with Gasteiger partial charge in [0.1, 0.15) is 4.60 Å². The Labute approximate surface area is 85.4 Å². The Balaban J connectivity index is 3.13. The number of carbonyl (C=O) groups is 1. The lowest BCUT2D eigenvalue weighted by molar-refractivity contribution is 0.0958. The predicted octanol–water partition coefficient (Wildman–Crippen LogP) is 2.76. The molecule has 0 aliphatic carbocycles. The Morgan fingerprint density at radius 3 is 2.83 bits per heavy atom. The number of hydrogen-bond acceptors (Lipinski definition) is 2. The van der Waals surface area contributed by atoms with E-state index in [1.54, 1.807) is 0 Å². The van der Waals surface area contributed by atoms with Crippen LogP contribution >= 0.6 is 31.9 Å². The maximum atomic E-state index is 12.0. The fraction of sp³-hybridized carbons (Fsp3) is 0.143. The minimum atomic E-state index is -0.991. The molecule has 0 fully saturated rings. The zero-order valence-corrected chi connectivity index (χ0v) is 9.02. The topological polar surface area (TPSA) is 30.0 Å². The summed E-state index contributed by atoms with van der Waals surface area (Å²) in [6, 6.07) is 1.48. The number of rotatable bonds is 2. The van der Waals surface area contributed by atoms with Crippen LogP contribution in [0, 0.1) is 0 Å². The Bertz CT molecular complexity index is 316. The second-order valence-electron chi connectivity index (χ2n) is 2.04. The molecule has 1 aromatic rings. The summed E-state index contributed by atoms with van der Waals surface area (Å²) in [4.78, 5) is 14.8. The van der Waals surface area contributed by atoms with E-state index in [0.29, 0.717) is 14.6 Å². The molecule has 12 heavy (non-hydrogen) atoms. The van der Waals surface area contributed by atoms with Gasteiger partial charge in [-0.25, -0.2) is 9.37 Å². The third-order valence-electron chi connectivity index (χ3n) is 1.24. The minimum absolute atomic E-state index is 0.305. The quantitative estimate of drug-likeness (QED) is 0.620. The van der Waals surface area contributed by atoms with Crippen LogP contribution in [0.15, 0.2) is 21.3 Å². The van der Waals surface area contributed by atoms with Crippen LogP contribution in [0.5, 0.6) is 0 Å². The van der Waals surface area contributed by atoms with Crippen molar-refractivity contribution in [1.82, 2.24) is 4.98 Å². The minimum Gasteiger partial charge on any atom is -0.291 e. The molecule has 0 aromatic carbocycles. The highest BCUT2D eigenvalue weighted by molar-refractivity contribution is 9.11. The van der Waals surface area contributed by atoms with Crippen molar-refractivity contribution >= 4 is 37.6 Å². The van der Waals surface area contributed by atoms with Gasteiger partial charge < -0.3 is 0 Å². The second kappa shape index (κ2) is 4.09. The van der Waals surface area contributed by atoms with Crippen LogP contribution in [0.2, 0.25) is 0 Å². The van der Waals surface area contributed by atoms with Crippen molar-refractivity contribution in [3.05, 3.63) is 26.9 Å². The summed E-state index contributed by atoms with van der Waals surface area (Å²) in [5.41, 5.74) is 0.305. The van der Waals surface area contributed by atoms with Crippen LogP contribution < -0.4 is 0 Å². The van der Waals surface area contributed by atoms with Gasteiger partial charge in [-0.3, -0.25) is 4.79 Å². The molecule has 1 heterocycles. The lowest BCUT2D eigenvalue weighted by Crippen LogP contribution is -2.02. The first-order chi connectivity index (χ1) is 5.65. The fourth-order valence-electron chi connectivity index (χ4n) is 0.699. The predicted molar refractivity (Wildman–Crippen MR) is 49.9 cm³/mol. The summed E-state index contributed by atoms with van der Waals surface area (Å²) in [6.07, 6.45) is 1.45.